The van der Waals surface area contributed by atoms with Gasteiger partial charge in [-0.15, -0.1) is 0 Å². The van der Waals surface area contributed by atoms with Crippen LogP contribution in [0.5, 0.6) is 5.75 Å². The van der Waals surface area contributed by atoms with E-state index in [4.69, 9.17) is 0 Å². The lowest BCUT2D eigenvalue weighted by atomic mass is 9.55. The number of aliphatic hydroxyl groups excluding tert-OH is 1. The topological polar surface area (TPSA) is 57.5 Å². The minimum absolute atomic E-state index is 0.0287. The molecule has 1 aromatic rings. The van der Waals surface area contributed by atoms with Gasteiger partial charge in [-0.1, -0.05) is 13.0 Å². The number of aliphatic hydroxyl groups is 1. The number of ketones is 1. The van der Waals surface area contributed by atoms with Crippen LogP contribution >= 0.6 is 0 Å². The summed E-state index contributed by atoms with van der Waals surface area (Å²) in [5.41, 5.74) is 2.25. The van der Waals surface area contributed by atoms with Crippen molar-refractivity contribution in [3.63, 3.8) is 0 Å². The van der Waals surface area contributed by atoms with E-state index in [1.807, 2.05) is 12.1 Å². The smallest absolute Gasteiger partial charge is 0.162 e. The van der Waals surface area contributed by atoms with E-state index >= 15 is 0 Å². The zero-order valence-electron chi connectivity index (χ0n) is 11.2. The molecule has 1 fully saturated rings. The van der Waals surface area contributed by atoms with Crippen molar-refractivity contribution >= 4 is 5.78 Å². The summed E-state index contributed by atoms with van der Waals surface area (Å²) in [6.45, 7) is 2.12. The lowest BCUT2D eigenvalue weighted by molar-refractivity contribution is -0.134. The zero-order valence-corrected chi connectivity index (χ0v) is 11.2. The Morgan fingerprint density at radius 3 is 2.95 bits per heavy atom. The van der Waals surface area contributed by atoms with E-state index in [9.17, 15) is 15.0 Å². The monoisotopic (exact) mass is 260 g/mol. The summed E-state index contributed by atoms with van der Waals surface area (Å²) in [5, 5.41) is 19.5. The highest BCUT2D eigenvalue weighted by molar-refractivity contribution is 5.85. The Morgan fingerprint density at radius 2 is 2.21 bits per heavy atom. The number of phenols is 1. The van der Waals surface area contributed by atoms with Crippen LogP contribution in [0.25, 0.3) is 0 Å². The fraction of sp³-hybridized carbons (Fsp3) is 0.562. The Balaban J connectivity index is 2.11. The zero-order chi connectivity index (χ0) is 13.6. The second-order valence-corrected chi connectivity index (χ2v) is 5.98. The Bertz CT molecular complexity index is 523. The second kappa shape index (κ2) is 4.34. The number of carbonyl (C=O) groups excluding carboxylic acids is 1. The number of rotatable bonds is 1. The maximum Gasteiger partial charge on any atom is 0.162 e. The average molecular weight is 260 g/mol. The van der Waals surface area contributed by atoms with Crippen LogP contribution in [0.2, 0.25) is 0 Å². The number of Topliss-reactive ketones (excluding diaryl/α,β-unsaturated/α-hetero) is 1. The van der Waals surface area contributed by atoms with Crippen LogP contribution in [0.4, 0.5) is 0 Å². The standard InChI is InChI=1S/C16H20O3/c1-2-16-9-15(19)14(18)8-11(16)4-3-10-7-12(17)5-6-13(10)16/h5-7,11,14,17-18H,2-4,8-9H2,1H3/t11-,14+,16-/m1/s1. The lowest BCUT2D eigenvalue weighted by Crippen LogP contribution is -2.49. The van der Waals surface area contributed by atoms with E-state index in [0.29, 0.717) is 24.5 Å². The van der Waals surface area contributed by atoms with Crippen molar-refractivity contribution in [2.75, 3.05) is 0 Å². The molecular weight excluding hydrogens is 240 g/mol. The molecule has 1 saturated carbocycles. The van der Waals surface area contributed by atoms with E-state index in [1.54, 1.807) is 6.07 Å². The number of fused-ring (bicyclic) bond motifs is 3. The lowest BCUT2D eigenvalue weighted by Gasteiger charge is -2.49. The Hall–Kier alpha value is -1.35. The third-order valence-corrected chi connectivity index (χ3v) is 5.17. The molecule has 3 atom stereocenters. The quantitative estimate of drug-likeness (QED) is 0.814. The van der Waals surface area contributed by atoms with Gasteiger partial charge in [0.25, 0.3) is 0 Å². The molecule has 0 aromatic heterocycles. The van der Waals surface area contributed by atoms with Gasteiger partial charge in [-0.25, -0.2) is 0 Å². The van der Waals surface area contributed by atoms with Gasteiger partial charge < -0.3 is 10.2 Å². The van der Waals surface area contributed by atoms with Crippen LogP contribution in [-0.2, 0) is 16.6 Å². The van der Waals surface area contributed by atoms with Crippen molar-refractivity contribution in [2.24, 2.45) is 5.92 Å². The third kappa shape index (κ3) is 1.79. The van der Waals surface area contributed by atoms with Crippen molar-refractivity contribution in [3.8, 4) is 5.75 Å². The van der Waals surface area contributed by atoms with Gasteiger partial charge in [0.2, 0.25) is 0 Å². The summed E-state index contributed by atoms with van der Waals surface area (Å²) in [6.07, 6.45) is 3.09. The predicted molar refractivity (Wildman–Crippen MR) is 72.1 cm³/mol. The number of benzene rings is 1. The fourth-order valence-corrected chi connectivity index (χ4v) is 4.12. The highest BCUT2D eigenvalue weighted by Gasteiger charge is 2.49. The number of hydrogen-bond donors (Lipinski definition) is 2. The van der Waals surface area contributed by atoms with E-state index in [2.05, 4.69) is 6.92 Å². The second-order valence-electron chi connectivity index (χ2n) is 5.98. The van der Waals surface area contributed by atoms with Crippen molar-refractivity contribution in [3.05, 3.63) is 29.3 Å². The molecule has 2 N–H and O–H groups in total. The summed E-state index contributed by atoms with van der Waals surface area (Å²) in [4.78, 5) is 12.0. The van der Waals surface area contributed by atoms with Crippen LogP contribution in [0, 0.1) is 5.92 Å². The molecule has 102 valence electrons. The summed E-state index contributed by atoms with van der Waals surface area (Å²) < 4.78 is 0. The number of aryl methyl sites for hydroxylation is 1. The van der Waals surface area contributed by atoms with Crippen molar-refractivity contribution in [1.82, 2.24) is 0 Å². The summed E-state index contributed by atoms with van der Waals surface area (Å²) in [5.74, 6) is 0.645. The van der Waals surface area contributed by atoms with E-state index in [-0.39, 0.29) is 11.2 Å². The molecule has 2 aliphatic rings. The van der Waals surface area contributed by atoms with Crippen LogP contribution in [-0.4, -0.2) is 22.1 Å². The molecule has 0 spiro atoms. The predicted octanol–water partition coefficient (Wildman–Crippen LogP) is 2.33. The summed E-state index contributed by atoms with van der Waals surface area (Å²) >= 11 is 0. The minimum Gasteiger partial charge on any atom is -0.508 e. The molecule has 3 heteroatoms. The van der Waals surface area contributed by atoms with Crippen LogP contribution < -0.4 is 0 Å². The molecule has 0 unspecified atom stereocenters. The van der Waals surface area contributed by atoms with Gasteiger partial charge in [-0.3, -0.25) is 4.79 Å². The van der Waals surface area contributed by atoms with Gasteiger partial charge in [0, 0.05) is 11.8 Å². The average Bonchev–Trinajstić information content (AvgIpc) is 2.40. The molecule has 2 aliphatic carbocycles. The first kappa shape index (κ1) is 12.7. The Labute approximate surface area is 113 Å². The SMILES string of the molecule is CC[C@@]12CC(=O)[C@@H](O)C[C@H]1CCc1cc(O)ccc12. The van der Waals surface area contributed by atoms with Crippen LogP contribution in [0.1, 0.15) is 43.7 Å². The molecular formula is C16H20O3. The molecule has 0 amide bonds. The minimum atomic E-state index is -0.775. The van der Waals surface area contributed by atoms with E-state index in [1.165, 1.54) is 11.1 Å². The molecule has 0 heterocycles. The Morgan fingerprint density at radius 1 is 1.42 bits per heavy atom. The van der Waals surface area contributed by atoms with Gasteiger partial charge in [0.1, 0.15) is 11.9 Å². The number of carbonyl (C=O) groups is 1. The molecule has 0 radical (unpaired) electrons. The Kier molecular flexibility index (Phi) is 2.90. The fourth-order valence-electron chi connectivity index (χ4n) is 4.12. The van der Waals surface area contributed by atoms with Crippen LogP contribution in [0.3, 0.4) is 0 Å². The number of aromatic hydroxyl groups is 1. The van der Waals surface area contributed by atoms with Gasteiger partial charge in [0.15, 0.2) is 5.78 Å². The maximum absolute atomic E-state index is 12.0. The first-order chi connectivity index (χ1) is 9.06. The van der Waals surface area contributed by atoms with E-state index in [0.717, 1.165) is 19.3 Å². The highest BCUT2D eigenvalue weighted by atomic mass is 16.3. The van der Waals surface area contributed by atoms with Gasteiger partial charge in [0.05, 0.1) is 0 Å². The first-order valence-corrected chi connectivity index (χ1v) is 7.10. The largest absolute Gasteiger partial charge is 0.508 e. The molecule has 3 nitrogen and oxygen atoms in total. The first-order valence-electron chi connectivity index (χ1n) is 7.10. The van der Waals surface area contributed by atoms with Crippen molar-refractivity contribution < 1.29 is 15.0 Å². The molecule has 19 heavy (non-hydrogen) atoms. The molecule has 1 aromatic carbocycles. The third-order valence-electron chi connectivity index (χ3n) is 5.17. The highest BCUT2D eigenvalue weighted by Crippen LogP contribution is 2.51. The van der Waals surface area contributed by atoms with Crippen molar-refractivity contribution in [1.29, 1.82) is 0 Å². The van der Waals surface area contributed by atoms with Gasteiger partial charge in [-0.2, -0.15) is 0 Å². The molecule has 0 saturated heterocycles. The van der Waals surface area contributed by atoms with E-state index < -0.39 is 6.10 Å². The maximum atomic E-state index is 12.0. The molecule has 0 bridgehead atoms. The van der Waals surface area contributed by atoms with Gasteiger partial charge in [-0.05, 0) is 54.9 Å². The molecule has 3 rings (SSSR count). The normalized spacial score (nSPS) is 33.7. The molecule has 0 aliphatic heterocycles. The summed E-state index contributed by atoms with van der Waals surface area (Å²) in [7, 11) is 0. The number of phenolic OH excluding ortho intramolecular Hbond substituents is 1. The van der Waals surface area contributed by atoms with Crippen LogP contribution in [0.15, 0.2) is 18.2 Å². The van der Waals surface area contributed by atoms with Crippen molar-refractivity contribution in [2.45, 2.75) is 50.5 Å². The number of hydrogen-bond acceptors (Lipinski definition) is 3. The summed E-state index contributed by atoms with van der Waals surface area (Å²) in [6, 6.07) is 5.53. The van der Waals surface area contributed by atoms with Gasteiger partial charge >= 0.3 is 0 Å².